The van der Waals surface area contributed by atoms with Crippen LogP contribution in [0, 0.1) is 21.7 Å². The summed E-state index contributed by atoms with van der Waals surface area (Å²) in [5.74, 6) is -1.40. The Labute approximate surface area is 118 Å². The van der Waals surface area contributed by atoms with Gasteiger partial charge in [0.2, 0.25) is 0 Å². The first-order valence-electron chi connectivity index (χ1n) is 5.59. The summed E-state index contributed by atoms with van der Waals surface area (Å²) in [6.45, 7) is 0.153. The van der Waals surface area contributed by atoms with Crippen molar-refractivity contribution in [3.05, 3.63) is 68.7 Å². The third kappa shape index (κ3) is 3.21. The largest absolute Gasteiger partial charge is 0.379 e. The summed E-state index contributed by atoms with van der Waals surface area (Å²) in [4.78, 5) is 10.1. The number of hydrogen-bond donors (Lipinski definition) is 1. The second-order valence-corrected chi connectivity index (χ2v) is 4.43. The van der Waals surface area contributed by atoms with E-state index in [-0.39, 0.29) is 22.9 Å². The molecule has 20 heavy (non-hydrogen) atoms. The summed E-state index contributed by atoms with van der Waals surface area (Å²) < 4.78 is 26.1. The Kier molecular flexibility index (Phi) is 4.14. The zero-order valence-electron chi connectivity index (χ0n) is 10.1. The molecule has 2 aromatic rings. The average molecular weight is 299 g/mol. The zero-order valence-corrected chi connectivity index (χ0v) is 10.8. The van der Waals surface area contributed by atoms with Gasteiger partial charge in [0.15, 0.2) is 0 Å². The van der Waals surface area contributed by atoms with E-state index in [1.165, 1.54) is 18.2 Å². The maximum atomic E-state index is 13.4. The smallest absolute Gasteiger partial charge is 0.288 e. The van der Waals surface area contributed by atoms with Crippen LogP contribution in [-0.2, 0) is 6.54 Å². The highest BCUT2D eigenvalue weighted by atomic mass is 35.5. The lowest BCUT2D eigenvalue weighted by atomic mass is 10.2. The van der Waals surface area contributed by atoms with E-state index in [1.807, 2.05) is 0 Å². The molecule has 0 spiro atoms. The predicted octanol–water partition coefficient (Wildman–Crippen LogP) is 4.14. The highest BCUT2D eigenvalue weighted by Crippen LogP contribution is 2.25. The number of rotatable bonds is 4. The van der Waals surface area contributed by atoms with E-state index in [0.717, 1.165) is 12.1 Å². The Hall–Kier alpha value is -2.21. The number of anilines is 1. The lowest BCUT2D eigenvalue weighted by Crippen LogP contribution is -2.02. The molecule has 0 aliphatic carbocycles. The molecule has 0 heterocycles. The fourth-order valence-corrected chi connectivity index (χ4v) is 1.82. The second kappa shape index (κ2) is 5.83. The maximum Gasteiger partial charge on any atom is 0.288 e. The van der Waals surface area contributed by atoms with Crippen LogP contribution >= 0.6 is 11.6 Å². The molecule has 4 nitrogen and oxygen atoms in total. The molecule has 0 bridgehead atoms. The number of benzene rings is 2. The molecule has 0 unspecified atom stereocenters. The summed E-state index contributed by atoms with van der Waals surface area (Å²) >= 11 is 5.69. The van der Waals surface area contributed by atoms with Crippen molar-refractivity contribution in [2.24, 2.45) is 0 Å². The number of nitrogens with zero attached hydrogens (tertiary/aromatic N) is 1. The SMILES string of the molecule is O=[N+]([O-])c1cc(CNc2ccc(F)cc2F)ccc1Cl. The monoisotopic (exact) mass is 298 g/mol. The Morgan fingerprint density at radius 3 is 2.60 bits per heavy atom. The van der Waals surface area contributed by atoms with Gasteiger partial charge in [-0.25, -0.2) is 8.78 Å². The molecule has 7 heteroatoms. The molecule has 0 saturated carbocycles. The minimum atomic E-state index is -0.728. The molecular formula is C13H9ClF2N2O2. The lowest BCUT2D eigenvalue weighted by molar-refractivity contribution is -0.384. The van der Waals surface area contributed by atoms with Crippen molar-refractivity contribution in [2.75, 3.05) is 5.32 Å². The quantitative estimate of drug-likeness (QED) is 0.682. The minimum absolute atomic E-state index is 0.0340. The Morgan fingerprint density at radius 2 is 1.95 bits per heavy atom. The van der Waals surface area contributed by atoms with Gasteiger partial charge >= 0.3 is 0 Å². The third-order valence-corrected chi connectivity index (χ3v) is 2.94. The van der Waals surface area contributed by atoms with Crippen LogP contribution in [0.5, 0.6) is 0 Å². The van der Waals surface area contributed by atoms with Gasteiger partial charge in [0, 0.05) is 18.7 Å². The molecule has 0 aromatic heterocycles. The normalized spacial score (nSPS) is 10.3. The van der Waals surface area contributed by atoms with E-state index in [0.29, 0.717) is 5.56 Å². The summed E-state index contributed by atoms with van der Waals surface area (Å²) in [5.41, 5.74) is 0.458. The van der Waals surface area contributed by atoms with Crippen molar-refractivity contribution in [1.29, 1.82) is 0 Å². The van der Waals surface area contributed by atoms with Gasteiger partial charge in [-0.05, 0) is 23.8 Å². The van der Waals surface area contributed by atoms with Crippen LogP contribution in [0.25, 0.3) is 0 Å². The molecule has 0 aliphatic heterocycles. The van der Waals surface area contributed by atoms with Crippen molar-refractivity contribution in [3.8, 4) is 0 Å². The van der Waals surface area contributed by atoms with Crippen LogP contribution in [-0.4, -0.2) is 4.92 Å². The van der Waals surface area contributed by atoms with Crippen molar-refractivity contribution in [2.45, 2.75) is 6.54 Å². The van der Waals surface area contributed by atoms with E-state index >= 15 is 0 Å². The number of nitro benzene ring substituents is 1. The molecule has 2 rings (SSSR count). The average Bonchev–Trinajstić information content (AvgIpc) is 2.39. The van der Waals surface area contributed by atoms with Crippen LogP contribution in [0.15, 0.2) is 36.4 Å². The second-order valence-electron chi connectivity index (χ2n) is 4.02. The molecule has 0 amide bonds. The van der Waals surface area contributed by atoms with Crippen LogP contribution < -0.4 is 5.32 Å². The maximum absolute atomic E-state index is 13.4. The van der Waals surface area contributed by atoms with E-state index in [9.17, 15) is 18.9 Å². The van der Waals surface area contributed by atoms with E-state index in [1.54, 1.807) is 6.07 Å². The summed E-state index contributed by atoms with van der Waals surface area (Å²) in [6.07, 6.45) is 0. The van der Waals surface area contributed by atoms with Gasteiger partial charge < -0.3 is 5.32 Å². The first-order valence-corrected chi connectivity index (χ1v) is 5.97. The Balaban J connectivity index is 2.15. The van der Waals surface area contributed by atoms with Gasteiger partial charge in [-0.1, -0.05) is 17.7 Å². The standard InChI is InChI=1S/C13H9ClF2N2O2/c14-10-3-1-8(5-13(10)18(19)20)7-17-12-4-2-9(15)6-11(12)16/h1-6,17H,7H2. The fourth-order valence-electron chi connectivity index (χ4n) is 1.64. The number of nitrogens with one attached hydrogen (secondary N) is 1. The van der Waals surface area contributed by atoms with Crippen LogP contribution in [0.4, 0.5) is 20.2 Å². The molecular weight excluding hydrogens is 290 g/mol. The molecule has 1 N–H and O–H groups in total. The first-order chi connectivity index (χ1) is 9.47. The third-order valence-electron chi connectivity index (χ3n) is 2.62. The highest BCUT2D eigenvalue weighted by Gasteiger charge is 2.12. The number of halogens is 3. The molecule has 0 aliphatic rings. The number of nitro groups is 1. The highest BCUT2D eigenvalue weighted by molar-refractivity contribution is 6.32. The molecule has 0 atom stereocenters. The van der Waals surface area contributed by atoms with Gasteiger partial charge in [-0.2, -0.15) is 0 Å². The van der Waals surface area contributed by atoms with Gasteiger partial charge in [0.25, 0.3) is 5.69 Å². The van der Waals surface area contributed by atoms with Gasteiger partial charge in [0.1, 0.15) is 16.7 Å². The zero-order chi connectivity index (χ0) is 14.7. The lowest BCUT2D eigenvalue weighted by Gasteiger charge is -2.08. The van der Waals surface area contributed by atoms with Gasteiger partial charge in [-0.3, -0.25) is 10.1 Å². The van der Waals surface area contributed by atoms with E-state index < -0.39 is 16.6 Å². The van der Waals surface area contributed by atoms with Crippen molar-refractivity contribution in [3.63, 3.8) is 0 Å². The topological polar surface area (TPSA) is 55.2 Å². The van der Waals surface area contributed by atoms with Crippen molar-refractivity contribution in [1.82, 2.24) is 0 Å². The molecule has 104 valence electrons. The van der Waals surface area contributed by atoms with Crippen LogP contribution in [0.1, 0.15) is 5.56 Å². The van der Waals surface area contributed by atoms with E-state index in [4.69, 9.17) is 11.6 Å². The van der Waals surface area contributed by atoms with Crippen LogP contribution in [0.3, 0.4) is 0 Å². The summed E-state index contributed by atoms with van der Waals surface area (Å²) in [5, 5.41) is 13.5. The predicted molar refractivity (Wildman–Crippen MR) is 71.8 cm³/mol. The van der Waals surface area contributed by atoms with Crippen molar-refractivity contribution < 1.29 is 13.7 Å². The van der Waals surface area contributed by atoms with E-state index in [2.05, 4.69) is 5.32 Å². The molecule has 0 saturated heterocycles. The Bertz CT molecular complexity index is 665. The summed E-state index contributed by atoms with van der Waals surface area (Å²) in [6, 6.07) is 7.43. The minimum Gasteiger partial charge on any atom is -0.379 e. The molecule has 0 radical (unpaired) electrons. The Morgan fingerprint density at radius 1 is 1.20 bits per heavy atom. The first kappa shape index (κ1) is 14.2. The van der Waals surface area contributed by atoms with Crippen molar-refractivity contribution >= 4 is 23.0 Å². The number of hydrogen-bond acceptors (Lipinski definition) is 3. The summed E-state index contributed by atoms with van der Waals surface area (Å²) in [7, 11) is 0. The molecule has 2 aromatic carbocycles. The fraction of sp³-hybridized carbons (Fsp3) is 0.0769. The van der Waals surface area contributed by atoms with Crippen LogP contribution in [0.2, 0.25) is 5.02 Å². The van der Waals surface area contributed by atoms with Gasteiger partial charge in [0.05, 0.1) is 10.6 Å². The molecule has 0 fully saturated rings. The van der Waals surface area contributed by atoms with Gasteiger partial charge in [-0.15, -0.1) is 0 Å².